The highest BCUT2D eigenvalue weighted by atomic mass is 35.5. The minimum absolute atomic E-state index is 0.335. The molecule has 0 fully saturated rings. The molecule has 0 bridgehead atoms. The van der Waals surface area contributed by atoms with Crippen molar-refractivity contribution >= 4 is 11.6 Å². The second kappa shape index (κ2) is 7.72. The van der Waals surface area contributed by atoms with Crippen LogP contribution in [0.1, 0.15) is 57.7 Å². The Hall–Kier alpha value is -0.540. The highest BCUT2D eigenvalue weighted by Gasteiger charge is 2.17. The van der Waals surface area contributed by atoms with Gasteiger partial charge in [0, 0.05) is 7.05 Å². The third-order valence-electron chi connectivity index (χ3n) is 3.00. The topological polar surface area (TPSA) is 29.9 Å². The van der Waals surface area contributed by atoms with Crippen LogP contribution in [0.4, 0.5) is 0 Å². The van der Waals surface area contributed by atoms with Crippen molar-refractivity contribution in [3.05, 3.63) is 16.9 Å². The first-order chi connectivity index (χ1) is 8.20. The van der Waals surface area contributed by atoms with Crippen molar-refractivity contribution in [2.24, 2.45) is 7.05 Å². The van der Waals surface area contributed by atoms with Crippen LogP contribution in [0.5, 0.6) is 0 Å². The predicted molar refractivity (Wildman–Crippen MR) is 73.4 cm³/mol. The zero-order chi connectivity index (χ0) is 12.7. The van der Waals surface area contributed by atoms with Gasteiger partial charge in [-0.05, 0) is 19.4 Å². The molecule has 0 saturated heterocycles. The molecule has 4 heteroatoms. The number of unbranched alkanes of at least 4 members (excludes halogenated alkanes) is 2. The molecule has 0 radical (unpaired) electrons. The molecule has 0 aliphatic heterocycles. The molecule has 1 atom stereocenters. The molecule has 0 spiro atoms. The van der Waals surface area contributed by atoms with E-state index in [1.807, 2.05) is 11.7 Å². The van der Waals surface area contributed by atoms with Gasteiger partial charge in [0.15, 0.2) is 0 Å². The summed E-state index contributed by atoms with van der Waals surface area (Å²) in [6.07, 6.45) is 7.77. The molecule has 0 aliphatic rings. The highest BCUT2D eigenvalue weighted by Crippen LogP contribution is 2.26. The van der Waals surface area contributed by atoms with Gasteiger partial charge in [0.2, 0.25) is 0 Å². The van der Waals surface area contributed by atoms with Crippen LogP contribution in [0, 0.1) is 0 Å². The number of nitrogens with one attached hydrogen (secondary N) is 1. The molecule has 0 aliphatic carbocycles. The second-order valence-corrected chi connectivity index (χ2v) is 4.91. The number of nitrogens with zero attached hydrogens (tertiary/aromatic N) is 2. The van der Waals surface area contributed by atoms with Crippen LogP contribution in [-0.4, -0.2) is 16.3 Å². The van der Waals surface area contributed by atoms with E-state index in [1.54, 1.807) is 6.20 Å². The normalized spacial score (nSPS) is 12.9. The fourth-order valence-corrected chi connectivity index (χ4v) is 2.36. The molecule has 1 aromatic rings. The van der Waals surface area contributed by atoms with Crippen molar-refractivity contribution < 1.29 is 0 Å². The molecule has 0 aromatic carbocycles. The lowest BCUT2D eigenvalue weighted by atomic mass is 10.1. The van der Waals surface area contributed by atoms with E-state index in [0.717, 1.165) is 30.1 Å². The lowest BCUT2D eigenvalue weighted by molar-refractivity contribution is 0.449. The SMILES string of the molecule is CCCCCC(NCCC)c1c(Cl)cnn1C. The van der Waals surface area contributed by atoms with Gasteiger partial charge in [-0.1, -0.05) is 44.7 Å². The van der Waals surface area contributed by atoms with Crippen molar-refractivity contribution in [1.29, 1.82) is 0 Å². The lowest BCUT2D eigenvalue weighted by Gasteiger charge is -2.19. The first-order valence-corrected chi connectivity index (χ1v) is 6.99. The summed E-state index contributed by atoms with van der Waals surface area (Å²) in [5.41, 5.74) is 1.12. The van der Waals surface area contributed by atoms with Gasteiger partial charge in [-0.25, -0.2) is 0 Å². The van der Waals surface area contributed by atoms with Gasteiger partial charge in [-0.15, -0.1) is 0 Å². The summed E-state index contributed by atoms with van der Waals surface area (Å²) >= 11 is 6.21. The molecular weight excluding hydrogens is 234 g/mol. The van der Waals surface area contributed by atoms with E-state index in [4.69, 9.17) is 11.6 Å². The van der Waals surface area contributed by atoms with Gasteiger partial charge < -0.3 is 5.32 Å². The minimum atomic E-state index is 0.335. The fourth-order valence-electron chi connectivity index (χ4n) is 2.06. The Morgan fingerprint density at radius 1 is 1.35 bits per heavy atom. The number of halogens is 1. The Morgan fingerprint density at radius 3 is 2.65 bits per heavy atom. The summed E-state index contributed by atoms with van der Waals surface area (Å²) < 4.78 is 1.89. The highest BCUT2D eigenvalue weighted by molar-refractivity contribution is 6.31. The predicted octanol–water partition coefficient (Wildman–Crippen LogP) is 3.69. The average Bonchev–Trinajstić information content (AvgIpc) is 2.64. The fraction of sp³-hybridized carbons (Fsp3) is 0.769. The van der Waals surface area contributed by atoms with Crippen molar-refractivity contribution in [1.82, 2.24) is 15.1 Å². The van der Waals surface area contributed by atoms with Gasteiger partial charge >= 0.3 is 0 Å². The van der Waals surface area contributed by atoms with Crippen LogP contribution in [0.15, 0.2) is 6.20 Å². The van der Waals surface area contributed by atoms with E-state index in [1.165, 1.54) is 19.3 Å². The van der Waals surface area contributed by atoms with E-state index in [2.05, 4.69) is 24.3 Å². The molecule has 17 heavy (non-hydrogen) atoms. The van der Waals surface area contributed by atoms with Gasteiger partial charge in [0.1, 0.15) is 0 Å². The van der Waals surface area contributed by atoms with Gasteiger partial charge in [-0.3, -0.25) is 4.68 Å². The molecule has 0 saturated carbocycles. The van der Waals surface area contributed by atoms with Crippen LogP contribution in [0.2, 0.25) is 5.02 Å². The monoisotopic (exact) mass is 257 g/mol. The number of hydrogen-bond acceptors (Lipinski definition) is 2. The summed E-state index contributed by atoms with van der Waals surface area (Å²) in [6, 6.07) is 0.335. The Labute approximate surface area is 110 Å². The largest absolute Gasteiger partial charge is 0.309 e. The molecule has 1 aromatic heterocycles. The van der Waals surface area contributed by atoms with Crippen molar-refractivity contribution in [3.63, 3.8) is 0 Å². The first kappa shape index (κ1) is 14.5. The Balaban J connectivity index is 2.67. The number of aromatic nitrogens is 2. The van der Waals surface area contributed by atoms with E-state index in [0.29, 0.717) is 6.04 Å². The van der Waals surface area contributed by atoms with Gasteiger partial charge in [0.25, 0.3) is 0 Å². The standard InChI is InChI=1S/C13H24ClN3/c1-4-6-7-8-12(15-9-5-2)13-11(14)10-16-17(13)3/h10,12,15H,4-9H2,1-3H3. The summed E-state index contributed by atoms with van der Waals surface area (Å²) in [6.45, 7) is 5.44. The van der Waals surface area contributed by atoms with E-state index in [9.17, 15) is 0 Å². The van der Waals surface area contributed by atoms with Gasteiger partial charge in [0.05, 0.1) is 23.0 Å². The van der Waals surface area contributed by atoms with Crippen LogP contribution >= 0.6 is 11.6 Å². The van der Waals surface area contributed by atoms with Crippen LogP contribution < -0.4 is 5.32 Å². The number of hydrogen-bond donors (Lipinski definition) is 1. The van der Waals surface area contributed by atoms with Crippen molar-refractivity contribution in [3.8, 4) is 0 Å². The van der Waals surface area contributed by atoms with Crippen molar-refractivity contribution in [2.45, 2.75) is 52.0 Å². The third kappa shape index (κ3) is 4.32. The maximum atomic E-state index is 6.21. The Bertz CT molecular complexity index is 303. The molecule has 98 valence electrons. The molecular formula is C13H24ClN3. The smallest absolute Gasteiger partial charge is 0.0833 e. The Morgan fingerprint density at radius 2 is 2.12 bits per heavy atom. The van der Waals surface area contributed by atoms with Gasteiger partial charge in [-0.2, -0.15) is 5.10 Å². The molecule has 0 amide bonds. The first-order valence-electron chi connectivity index (χ1n) is 6.61. The number of rotatable bonds is 8. The molecule has 1 unspecified atom stereocenters. The van der Waals surface area contributed by atoms with E-state index >= 15 is 0 Å². The summed E-state index contributed by atoms with van der Waals surface area (Å²) in [5, 5.41) is 8.56. The van der Waals surface area contributed by atoms with Crippen LogP contribution in [-0.2, 0) is 7.05 Å². The second-order valence-electron chi connectivity index (χ2n) is 4.50. The third-order valence-corrected chi connectivity index (χ3v) is 3.30. The quantitative estimate of drug-likeness (QED) is 0.720. The maximum Gasteiger partial charge on any atom is 0.0833 e. The number of aryl methyl sites for hydroxylation is 1. The zero-order valence-electron chi connectivity index (χ0n) is 11.2. The van der Waals surface area contributed by atoms with Crippen molar-refractivity contribution in [2.75, 3.05) is 6.54 Å². The van der Waals surface area contributed by atoms with Crippen LogP contribution in [0.3, 0.4) is 0 Å². The lowest BCUT2D eigenvalue weighted by Crippen LogP contribution is -2.24. The average molecular weight is 258 g/mol. The Kier molecular flexibility index (Phi) is 6.60. The van der Waals surface area contributed by atoms with E-state index < -0.39 is 0 Å². The zero-order valence-corrected chi connectivity index (χ0v) is 11.9. The molecule has 3 nitrogen and oxygen atoms in total. The summed E-state index contributed by atoms with van der Waals surface area (Å²) in [5.74, 6) is 0. The summed E-state index contributed by atoms with van der Waals surface area (Å²) in [7, 11) is 1.96. The van der Waals surface area contributed by atoms with E-state index in [-0.39, 0.29) is 0 Å². The molecule has 1 rings (SSSR count). The van der Waals surface area contributed by atoms with Crippen LogP contribution in [0.25, 0.3) is 0 Å². The minimum Gasteiger partial charge on any atom is -0.309 e. The molecule has 1 N–H and O–H groups in total. The molecule has 1 heterocycles. The summed E-state index contributed by atoms with van der Waals surface area (Å²) in [4.78, 5) is 0. The maximum absolute atomic E-state index is 6.21.